The van der Waals surface area contributed by atoms with E-state index in [0.29, 0.717) is 17.3 Å². The highest BCUT2D eigenvalue weighted by Gasteiger charge is 2.16. The second kappa shape index (κ2) is 8.18. The van der Waals surface area contributed by atoms with Crippen molar-refractivity contribution in [1.29, 1.82) is 0 Å². The first-order valence-corrected chi connectivity index (χ1v) is 8.03. The zero-order valence-electron chi connectivity index (χ0n) is 13.1. The number of nitrogens with zero attached hydrogens (tertiary/aromatic N) is 1. The molecule has 0 aromatic heterocycles. The second-order valence-electron chi connectivity index (χ2n) is 5.07. The molecule has 0 saturated carbocycles. The largest absolute Gasteiger partial charge is 0.456 e. The van der Waals surface area contributed by atoms with E-state index >= 15 is 0 Å². The fraction of sp³-hybridized carbons (Fsp3) is 0.333. The van der Waals surface area contributed by atoms with Gasteiger partial charge < -0.3 is 10.5 Å². The number of ether oxygens (including phenoxy) is 1. The Kier molecular flexibility index (Phi) is 6.25. The van der Waals surface area contributed by atoms with Gasteiger partial charge in [-0.15, -0.1) is 0 Å². The molecule has 2 N–H and O–H groups in total. The summed E-state index contributed by atoms with van der Waals surface area (Å²) in [5.41, 5.74) is 7.15. The number of hydrogen-bond donors (Lipinski definition) is 1. The Morgan fingerprint density at radius 2 is 1.68 bits per heavy atom. The van der Waals surface area contributed by atoms with Crippen molar-refractivity contribution in [3.63, 3.8) is 0 Å². The maximum atomic E-state index is 6.11. The maximum Gasteiger partial charge on any atom is 0.146 e. The molecule has 118 valence electrons. The summed E-state index contributed by atoms with van der Waals surface area (Å²) < 4.78 is 5.81. The van der Waals surface area contributed by atoms with Crippen LogP contribution in [0.3, 0.4) is 0 Å². The quantitative estimate of drug-likeness (QED) is 0.818. The average Bonchev–Trinajstić information content (AvgIpc) is 2.55. The number of para-hydroxylation sites is 1. The molecule has 2 aromatic carbocycles. The zero-order valence-corrected chi connectivity index (χ0v) is 13.9. The summed E-state index contributed by atoms with van der Waals surface area (Å²) in [7, 11) is 0. The van der Waals surface area contributed by atoms with Crippen LogP contribution >= 0.6 is 11.6 Å². The van der Waals surface area contributed by atoms with Crippen molar-refractivity contribution < 1.29 is 4.74 Å². The van der Waals surface area contributed by atoms with Crippen LogP contribution in [-0.2, 0) is 0 Å². The van der Waals surface area contributed by atoms with Crippen molar-refractivity contribution in [1.82, 2.24) is 4.90 Å². The van der Waals surface area contributed by atoms with E-state index in [1.807, 2.05) is 36.4 Å². The number of hydrogen-bond acceptors (Lipinski definition) is 3. The SMILES string of the molecule is CCN(CC)C(CN)c1ccc(Oc2ccccc2Cl)cc1. The van der Waals surface area contributed by atoms with E-state index in [2.05, 4.69) is 30.9 Å². The summed E-state index contributed by atoms with van der Waals surface area (Å²) in [6.45, 7) is 6.88. The van der Waals surface area contributed by atoms with Gasteiger partial charge in [0.2, 0.25) is 0 Å². The summed E-state index contributed by atoms with van der Waals surface area (Å²) in [4.78, 5) is 2.35. The molecule has 1 unspecified atom stereocenters. The Morgan fingerprint density at radius 1 is 1.05 bits per heavy atom. The van der Waals surface area contributed by atoms with Crippen LogP contribution in [0.2, 0.25) is 5.02 Å². The Hall–Kier alpha value is -1.55. The van der Waals surface area contributed by atoms with Crippen LogP contribution in [0, 0.1) is 0 Å². The monoisotopic (exact) mass is 318 g/mol. The van der Waals surface area contributed by atoms with E-state index in [0.717, 1.165) is 18.8 Å². The molecule has 22 heavy (non-hydrogen) atoms. The Labute approximate surface area is 137 Å². The van der Waals surface area contributed by atoms with Crippen LogP contribution in [0.5, 0.6) is 11.5 Å². The molecule has 4 heteroatoms. The highest BCUT2D eigenvalue weighted by atomic mass is 35.5. The minimum absolute atomic E-state index is 0.240. The molecule has 0 aliphatic carbocycles. The zero-order chi connectivity index (χ0) is 15.9. The third-order valence-electron chi connectivity index (χ3n) is 3.81. The summed E-state index contributed by atoms with van der Waals surface area (Å²) in [5, 5.41) is 0.606. The van der Waals surface area contributed by atoms with E-state index in [4.69, 9.17) is 22.1 Å². The number of likely N-dealkylation sites (N-methyl/N-ethyl adjacent to an activating group) is 1. The maximum absolute atomic E-state index is 6.11. The van der Waals surface area contributed by atoms with Gasteiger partial charge in [-0.05, 0) is 42.9 Å². The van der Waals surface area contributed by atoms with Gasteiger partial charge >= 0.3 is 0 Å². The van der Waals surface area contributed by atoms with Crippen LogP contribution in [0.25, 0.3) is 0 Å². The van der Waals surface area contributed by atoms with Crippen molar-refractivity contribution in [3.05, 3.63) is 59.1 Å². The summed E-state index contributed by atoms with van der Waals surface area (Å²) in [6.07, 6.45) is 0. The van der Waals surface area contributed by atoms with Crippen molar-refractivity contribution >= 4 is 11.6 Å². The molecule has 0 fully saturated rings. The molecule has 0 radical (unpaired) electrons. The van der Waals surface area contributed by atoms with Gasteiger partial charge in [-0.3, -0.25) is 4.90 Å². The van der Waals surface area contributed by atoms with Crippen LogP contribution in [-0.4, -0.2) is 24.5 Å². The van der Waals surface area contributed by atoms with Gasteiger partial charge in [0, 0.05) is 12.6 Å². The summed E-state index contributed by atoms with van der Waals surface area (Å²) in [5.74, 6) is 1.43. The van der Waals surface area contributed by atoms with Gasteiger partial charge in [-0.2, -0.15) is 0 Å². The third kappa shape index (κ3) is 4.01. The Balaban J connectivity index is 2.14. The van der Waals surface area contributed by atoms with Gasteiger partial charge in [0.1, 0.15) is 11.5 Å². The normalized spacial score (nSPS) is 12.4. The Morgan fingerprint density at radius 3 is 2.23 bits per heavy atom. The van der Waals surface area contributed by atoms with Crippen molar-refractivity contribution in [2.75, 3.05) is 19.6 Å². The molecule has 0 heterocycles. The minimum Gasteiger partial charge on any atom is -0.456 e. The lowest BCUT2D eigenvalue weighted by atomic mass is 10.1. The third-order valence-corrected chi connectivity index (χ3v) is 4.12. The lowest BCUT2D eigenvalue weighted by molar-refractivity contribution is 0.224. The molecule has 0 amide bonds. The number of halogens is 1. The molecule has 3 nitrogen and oxygen atoms in total. The molecule has 0 saturated heterocycles. The predicted molar refractivity (Wildman–Crippen MR) is 92.7 cm³/mol. The first kappa shape index (κ1) is 16.8. The highest BCUT2D eigenvalue weighted by molar-refractivity contribution is 6.32. The van der Waals surface area contributed by atoms with Gasteiger partial charge in [0.15, 0.2) is 0 Å². The highest BCUT2D eigenvalue weighted by Crippen LogP contribution is 2.30. The van der Waals surface area contributed by atoms with E-state index in [1.54, 1.807) is 0 Å². The number of nitrogens with two attached hydrogens (primary N) is 1. The molecule has 2 rings (SSSR count). The van der Waals surface area contributed by atoms with Crippen LogP contribution in [0.15, 0.2) is 48.5 Å². The smallest absolute Gasteiger partial charge is 0.146 e. The van der Waals surface area contributed by atoms with Crippen molar-refractivity contribution in [3.8, 4) is 11.5 Å². The lowest BCUT2D eigenvalue weighted by Crippen LogP contribution is -2.33. The van der Waals surface area contributed by atoms with Gasteiger partial charge in [0.25, 0.3) is 0 Å². The number of rotatable bonds is 7. The van der Waals surface area contributed by atoms with Gasteiger partial charge in [-0.1, -0.05) is 49.7 Å². The number of benzene rings is 2. The fourth-order valence-electron chi connectivity index (χ4n) is 2.57. The molecule has 0 aliphatic heterocycles. The molecule has 1 atom stereocenters. The van der Waals surface area contributed by atoms with Crippen LogP contribution in [0.1, 0.15) is 25.5 Å². The second-order valence-corrected chi connectivity index (χ2v) is 5.48. The van der Waals surface area contributed by atoms with Crippen molar-refractivity contribution in [2.24, 2.45) is 5.73 Å². The van der Waals surface area contributed by atoms with Gasteiger partial charge in [-0.25, -0.2) is 0 Å². The van der Waals surface area contributed by atoms with E-state index < -0.39 is 0 Å². The first-order chi connectivity index (χ1) is 10.7. The van der Waals surface area contributed by atoms with E-state index in [9.17, 15) is 0 Å². The van der Waals surface area contributed by atoms with Crippen LogP contribution < -0.4 is 10.5 Å². The standard InChI is InChI=1S/C18H23ClN2O/c1-3-21(4-2)17(13-20)14-9-11-15(12-10-14)22-18-8-6-5-7-16(18)19/h5-12,17H,3-4,13,20H2,1-2H3. The van der Waals surface area contributed by atoms with Crippen LogP contribution in [0.4, 0.5) is 0 Å². The average molecular weight is 319 g/mol. The Bertz CT molecular complexity index is 582. The van der Waals surface area contributed by atoms with Gasteiger partial charge in [0.05, 0.1) is 5.02 Å². The van der Waals surface area contributed by atoms with E-state index in [1.165, 1.54) is 5.56 Å². The summed E-state index contributed by atoms with van der Waals surface area (Å²) >= 11 is 6.11. The summed E-state index contributed by atoms with van der Waals surface area (Å²) in [6, 6.07) is 15.8. The fourth-order valence-corrected chi connectivity index (χ4v) is 2.75. The molecule has 0 bridgehead atoms. The lowest BCUT2D eigenvalue weighted by Gasteiger charge is -2.29. The molecular weight excluding hydrogens is 296 g/mol. The van der Waals surface area contributed by atoms with E-state index in [-0.39, 0.29) is 6.04 Å². The predicted octanol–water partition coefficient (Wildman–Crippen LogP) is 4.47. The van der Waals surface area contributed by atoms with Crippen molar-refractivity contribution in [2.45, 2.75) is 19.9 Å². The first-order valence-electron chi connectivity index (χ1n) is 7.66. The molecular formula is C18H23ClN2O. The minimum atomic E-state index is 0.240. The topological polar surface area (TPSA) is 38.5 Å². The molecule has 2 aromatic rings. The molecule has 0 spiro atoms. The molecule has 0 aliphatic rings.